The minimum Gasteiger partial charge on any atom is -0.335 e. The molecule has 1 fully saturated rings. The van der Waals surface area contributed by atoms with E-state index < -0.39 is 0 Å². The fourth-order valence-electron chi connectivity index (χ4n) is 3.20. The Bertz CT molecular complexity index is 358. The van der Waals surface area contributed by atoms with Crippen LogP contribution in [0.4, 0.5) is 0 Å². The predicted octanol–water partition coefficient (Wildman–Crippen LogP) is 2.99. The van der Waals surface area contributed by atoms with Crippen LogP contribution in [0.5, 0.6) is 0 Å². The van der Waals surface area contributed by atoms with Crippen molar-refractivity contribution in [3.05, 3.63) is 18.2 Å². The highest BCUT2D eigenvalue weighted by Gasteiger charge is 2.28. The van der Waals surface area contributed by atoms with Gasteiger partial charge in [-0.2, -0.15) is 0 Å². The first-order chi connectivity index (χ1) is 8.74. The maximum atomic E-state index is 6.30. The molecule has 102 valence electrons. The number of rotatable bonds is 5. The number of hydrogen-bond acceptors (Lipinski definition) is 2. The summed E-state index contributed by atoms with van der Waals surface area (Å²) in [5.74, 6) is 2.74. The molecule has 1 aromatic heterocycles. The molecule has 18 heavy (non-hydrogen) atoms. The molecule has 3 atom stereocenters. The number of nitrogens with zero attached hydrogens (tertiary/aromatic N) is 2. The smallest absolute Gasteiger partial charge is 0.108 e. The number of hydrogen-bond donors (Lipinski definition) is 1. The number of aromatic nitrogens is 2. The predicted molar refractivity (Wildman–Crippen MR) is 75.3 cm³/mol. The lowest BCUT2D eigenvalue weighted by molar-refractivity contribution is 0.223. The van der Waals surface area contributed by atoms with E-state index in [4.69, 9.17) is 5.73 Å². The van der Waals surface area contributed by atoms with Gasteiger partial charge in [-0.25, -0.2) is 4.98 Å². The van der Waals surface area contributed by atoms with Crippen molar-refractivity contribution in [1.82, 2.24) is 9.55 Å². The summed E-state index contributed by atoms with van der Waals surface area (Å²) in [5.41, 5.74) is 6.30. The van der Waals surface area contributed by atoms with E-state index in [1.165, 1.54) is 31.5 Å². The molecule has 0 amide bonds. The molecule has 0 bridgehead atoms. The minimum atomic E-state index is 0.375. The maximum absolute atomic E-state index is 6.30. The van der Waals surface area contributed by atoms with Gasteiger partial charge in [0, 0.05) is 31.4 Å². The van der Waals surface area contributed by atoms with Crippen molar-refractivity contribution < 1.29 is 0 Å². The molecule has 0 radical (unpaired) electrons. The Balaban J connectivity index is 2.00. The van der Waals surface area contributed by atoms with Crippen molar-refractivity contribution in [2.45, 2.75) is 65.0 Å². The van der Waals surface area contributed by atoms with Crippen molar-refractivity contribution >= 4 is 0 Å². The third-order valence-corrected chi connectivity index (χ3v) is 4.44. The number of aryl methyl sites for hydroxylation is 1. The standard InChI is InChI=1S/C15H27N3/c1-3-8-18-9-7-17-15(18)11-13-10-12(4-2)5-6-14(13)16/h7,9,12-14H,3-6,8,10-11,16H2,1-2H3. The van der Waals surface area contributed by atoms with Crippen LogP contribution >= 0.6 is 0 Å². The third-order valence-electron chi connectivity index (χ3n) is 4.44. The van der Waals surface area contributed by atoms with Crippen LogP contribution in [-0.2, 0) is 13.0 Å². The average Bonchev–Trinajstić information content (AvgIpc) is 2.80. The van der Waals surface area contributed by atoms with Crippen LogP contribution in [0, 0.1) is 11.8 Å². The third kappa shape index (κ3) is 3.14. The second kappa shape index (κ2) is 6.37. The summed E-state index contributed by atoms with van der Waals surface area (Å²) >= 11 is 0. The van der Waals surface area contributed by atoms with Gasteiger partial charge in [0.1, 0.15) is 5.82 Å². The lowest BCUT2D eigenvalue weighted by Crippen LogP contribution is -2.37. The number of nitrogens with two attached hydrogens (primary N) is 1. The highest BCUT2D eigenvalue weighted by Crippen LogP contribution is 2.32. The Morgan fingerprint density at radius 3 is 2.94 bits per heavy atom. The Morgan fingerprint density at radius 2 is 2.22 bits per heavy atom. The van der Waals surface area contributed by atoms with E-state index in [-0.39, 0.29) is 0 Å². The van der Waals surface area contributed by atoms with Crippen LogP contribution < -0.4 is 5.73 Å². The summed E-state index contributed by atoms with van der Waals surface area (Å²) in [6, 6.07) is 0.375. The van der Waals surface area contributed by atoms with Gasteiger partial charge < -0.3 is 10.3 Å². The molecule has 0 aliphatic heterocycles. The molecule has 2 N–H and O–H groups in total. The highest BCUT2D eigenvalue weighted by atomic mass is 15.1. The zero-order chi connectivity index (χ0) is 13.0. The van der Waals surface area contributed by atoms with Gasteiger partial charge in [0.25, 0.3) is 0 Å². The monoisotopic (exact) mass is 249 g/mol. The molecule has 0 aromatic carbocycles. The molecule has 0 saturated heterocycles. The van der Waals surface area contributed by atoms with Gasteiger partial charge in [-0.05, 0) is 37.5 Å². The minimum absolute atomic E-state index is 0.375. The van der Waals surface area contributed by atoms with E-state index >= 15 is 0 Å². The fraction of sp³-hybridized carbons (Fsp3) is 0.800. The van der Waals surface area contributed by atoms with Crippen LogP contribution in [-0.4, -0.2) is 15.6 Å². The summed E-state index contributed by atoms with van der Waals surface area (Å²) in [4.78, 5) is 4.52. The zero-order valence-electron chi connectivity index (χ0n) is 11.8. The van der Waals surface area contributed by atoms with E-state index in [2.05, 4.69) is 29.6 Å². The second-order valence-electron chi connectivity index (χ2n) is 5.75. The van der Waals surface area contributed by atoms with Gasteiger partial charge >= 0.3 is 0 Å². The quantitative estimate of drug-likeness (QED) is 0.872. The van der Waals surface area contributed by atoms with Crippen molar-refractivity contribution in [2.24, 2.45) is 17.6 Å². The molecule has 3 unspecified atom stereocenters. The highest BCUT2D eigenvalue weighted by molar-refractivity contribution is 4.97. The molecule has 0 spiro atoms. The van der Waals surface area contributed by atoms with Crippen LogP contribution in [0.1, 0.15) is 51.8 Å². The summed E-state index contributed by atoms with van der Waals surface area (Å²) in [5, 5.41) is 0. The molecule has 1 heterocycles. The summed E-state index contributed by atoms with van der Waals surface area (Å²) in [6.07, 6.45) is 11.3. The molecular weight excluding hydrogens is 222 g/mol. The summed E-state index contributed by atoms with van der Waals surface area (Å²) in [7, 11) is 0. The molecular formula is C15H27N3. The van der Waals surface area contributed by atoms with Crippen LogP contribution in [0.3, 0.4) is 0 Å². The van der Waals surface area contributed by atoms with Gasteiger partial charge in [0.2, 0.25) is 0 Å². The molecule has 1 aromatic rings. The molecule has 3 nitrogen and oxygen atoms in total. The van der Waals surface area contributed by atoms with Gasteiger partial charge in [-0.15, -0.1) is 0 Å². The summed E-state index contributed by atoms with van der Waals surface area (Å²) in [6.45, 7) is 5.59. The van der Waals surface area contributed by atoms with Crippen molar-refractivity contribution in [2.75, 3.05) is 0 Å². The maximum Gasteiger partial charge on any atom is 0.108 e. The first-order valence-electron chi connectivity index (χ1n) is 7.50. The Labute approximate surface area is 111 Å². The zero-order valence-corrected chi connectivity index (χ0v) is 11.8. The second-order valence-corrected chi connectivity index (χ2v) is 5.75. The van der Waals surface area contributed by atoms with E-state index in [9.17, 15) is 0 Å². The van der Waals surface area contributed by atoms with Crippen LogP contribution in [0.15, 0.2) is 12.4 Å². The fourth-order valence-corrected chi connectivity index (χ4v) is 3.20. The van der Waals surface area contributed by atoms with Crippen molar-refractivity contribution in [1.29, 1.82) is 0 Å². The van der Waals surface area contributed by atoms with Gasteiger partial charge in [-0.3, -0.25) is 0 Å². The van der Waals surface area contributed by atoms with Crippen molar-refractivity contribution in [3.63, 3.8) is 0 Å². The average molecular weight is 249 g/mol. The lowest BCUT2D eigenvalue weighted by atomic mass is 9.76. The Kier molecular flexibility index (Phi) is 4.81. The SMILES string of the molecule is CCCn1ccnc1CC1CC(CC)CCC1N. The van der Waals surface area contributed by atoms with Gasteiger partial charge in [0.05, 0.1) is 0 Å². The first kappa shape index (κ1) is 13.6. The van der Waals surface area contributed by atoms with E-state index in [1.807, 2.05) is 6.20 Å². The van der Waals surface area contributed by atoms with E-state index in [1.54, 1.807) is 0 Å². The molecule has 1 aliphatic rings. The number of imidazole rings is 1. The molecule has 2 rings (SSSR count). The van der Waals surface area contributed by atoms with Crippen LogP contribution in [0.2, 0.25) is 0 Å². The normalized spacial score (nSPS) is 28.5. The van der Waals surface area contributed by atoms with Crippen molar-refractivity contribution in [3.8, 4) is 0 Å². The lowest BCUT2D eigenvalue weighted by Gasteiger charge is -2.33. The van der Waals surface area contributed by atoms with E-state index in [0.717, 1.165) is 25.3 Å². The van der Waals surface area contributed by atoms with Crippen LogP contribution in [0.25, 0.3) is 0 Å². The molecule has 3 heteroatoms. The first-order valence-corrected chi connectivity index (χ1v) is 7.50. The van der Waals surface area contributed by atoms with Gasteiger partial charge in [-0.1, -0.05) is 20.3 Å². The largest absolute Gasteiger partial charge is 0.335 e. The Hall–Kier alpha value is -0.830. The van der Waals surface area contributed by atoms with Gasteiger partial charge in [0.15, 0.2) is 0 Å². The topological polar surface area (TPSA) is 43.8 Å². The Morgan fingerprint density at radius 1 is 1.39 bits per heavy atom. The van der Waals surface area contributed by atoms with E-state index in [0.29, 0.717) is 12.0 Å². The summed E-state index contributed by atoms with van der Waals surface area (Å²) < 4.78 is 2.29. The molecule has 1 aliphatic carbocycles. The molecule has 1 saturated carbocycles.